The first-order valence-electron chi connectivity index (χ1n) is 4.59. The largest absolute Gasteiger partial charge is 0.545 e. The van der Waals surface area contributed by atoms with Crippen LogP contribution in [0.1, 0.15) is 6.92 Å². The second-order valence-corrected chi connectivity index (χ2v) is 2.88. The van der Waals surface area contributed by atoms with E-state index in [-0.39, 0.29) is 18.7 Å². The average Bonchev–Trinajstić information content (AvgIpc) is 2.25. The lowest BCUT2D eigenvalue weighted by Crippen LogP contribution is -2.25. The van der Waals surface area contributed by atoms with Crippen LogP contribution in [0, 0.1) is 0 Å². The number of carbonyl (C=O) groups excluding carboxylic acids is 3. The molecule has 7 nitrogen and oxygen atoms in total. The third-order valence-corrected chi connectivity index (χ3v) is 1.31. The molecule has 0 amide bonds. The van der Waals surface area contributed by atoms with Crippen LogP contribution in [0.5, 0.6) is 0 Å². The zero-order valence-electron chi connectivity index (χ0n) is 9.23. The Balaban J connectivity index is 3.59. The summed E-state index contributed by atoms with van der Waals surface area (Å²) in [5.74, 6) is -2.95. The first-order valence-corrected chi connectivity index (χ1v) is 4.59. The molecule has 0 heterocycles. The average molecular weight is 242 g/mol. The zero-order chi connectivity index (χ0) is 13.3. The highest BCUT2D eigenvalue weighted by Gasteiger charge is 2.02. The highest BCUT2D eigenvalue weighted by Crippen LogP contribution is 1.90. The second-order valence-electron chi connectivity index (χ2n) is 2.88. The minimum Gasteiger partial charge on any atom is -0.545 e. The highest BCUT2D eigenvalue weighted by molar-refractivity contribution is 5.89. The summed E-state index contributed by atoms with van der Waals surface area (Å²) in [5, 5.41) is 9.93. The molecule has 94 valence electrons. The van der Waals surface area contributed by atoms with Crippen molar-refractivity contribution >= 4 is 17.9 Å². The van der Waals surface area contributed by atoms with Crippen molar-refractivity contribution < 1.29 is 29.1 Å². The number of ether oxygens (including phenoxy) is 1. The maximum absolute atomic E-state index is 10.9. The Kier molecular flexibility index (Phi) is 7.04. The van der Waals surface area contributed by atoms with E-state index in [9.17, 15) is 19.5 Å². The van der Waals surface area contributed by atoms with E-state index in [0.29, 0.717) is 12.2 Å². The van der Waals surface area contributed by atoms with E-state index in [1.54, 1.807) is 0 Å². The van der Waals surface area contributed by atoms with Gasteiger partial charge in [0, 0.05) is 11.6 Å². The zero-order valence-corrected chi connectivity index (χ0v) is 9.23. The van der Waals surface area contributed by atoms with Gasteiger partial charge in [-0.1, -0.05) is 6.58 Å². The minimum absolute atomic E-state index is 0.0107. The van der Waals surface area contributed by atoms with Crippen LogP contribution in [0.3, 0.4) is 0 Å². The summed E-state index contributed by atoms with van der Waals surface area (Å²) in [7, 11) is 0. The second kappa shape index (κ2) is 8.05. The predicted molar refractivity (Wildman–Crippen MR) is 54.0 cm³/mol. The Morgan fingerprint density at radius 3 is 2.53 bits per heavy atom. The molecule has 17 heavy (non-hydrogen) atoms. The molecule has 0 spiro atoms. The Morgan fingerprint density at radius 1 is 1.35 bits per heavy atom. The predicted octanol–water partition coefficient (Wildman–Crippen LogP) is -1.54. The minimum atomic E-state index is -1.50. The number of esters is 1. The van der Waals surface area contributed by atoms with Gasteiger partial charge in [-0.3, -0.25) is 0 Å². The fraction of sp³-hybridized carbons (Fsp3) is 0.300. The summed E-state index contributed by atoms with van der Waals surface area (Å²) in [6.45, 7) is 4.94. The Labute approximate surface area is 97.7 Å². The number of nitrogens with one attached hydrogen (secondary N) is 1. The molecule has 0 aromatic carbocycles. The first-order chi connectivity index (χ1) is 7.93. The van der Waals surface area contributed by atoms with Gasteiger partial charge in [-0.2, -0.15) is 0 Å². The summed E-state index contributed by atoms with van der Waals surface area (Å²) in [6, 6.07) is 0. The standard InChI is InChI=1S/C10H13NO6/c1-7(2)10(15)16-6-5-11-17-9(14)4-3-8(12)13/h3-4,11H,1,5-6H2,2H3,(H,12,13)/p-1/b4-3-. The lowest BCUT2D eigenvalue weighted by Gasteiger charge is -2.05. The molecule has 0 bridgehead atoms. The van der Waals surface area contributed by atoms with Gasteiger partial charge in [0.05, 0.1) is 12.5 Å². The van der Waals surface area contributed by atoms with Crippen LogP contribution in [0.25, 0.3) is 0 Å². The third kappa shape index (κ3) is 8.82. The summed E-state index contributed by atoms with van der Waals surface area (Å²) in [4.78, 5) is 35.9. The number of aliphatic carboxylic acids is 1. The molecule has 0 aliphatic carbocycles. The molecule has 0 aromatic rings. The van der Waals surface area contributed by atoms with E-state index in [1.165, 1.54) is 6.92 Å². The molecular formula is C10H12NO6-. The molecule has 0 saturated carbocycles. The summed E-state index contributed by atoms with van der Waals surface area (Å²) in [5.41, 5.74) is 2.45. The van der Waals surface area contributed by atoms with Gasteiger partial charge in [-0.15, -0.1) is 5.48 Å². The normalized spacial score (nSPS) is 9.94. The van der Waals surface area contributed by atoms with Gasteiger partial charge in [-0.25, -0.2) is 9.59 Å². The fourth-order valence-corrected chi connectivity index (χ4v) is 0.601. The molecule has 0 atom stereocenters. The van der Waals surface area contributed by atoms with Crippen LogP contribution >= 0.6 is 0 Å². The number of hydroxylamine groups is 1. The van der Waals surface area contributed by atoms with Crippen molar-refractivity contribution in [2.75, 3.05) is 13.2 Å². The van der Waals surface area contributed by atoms with Crippen molar-refractivity contribution in [2.45, 2.75) is 6.92 Å². The van der Waals surface area contributed by atoms with Gasteiger partial charge in [0.1, 0.15) is 6.61 Å². The molecule has 0 aromatic heterocycles. The van der Waals surface area contributed by atoms with E-state index in [1.807, 2.05) is 0 Å². The van der Waals surface area contributed by atoms with Gasteiger partial charge in [0.2, 0.25) is 0 Å². The summed E-state index contributed by atoms with van der Waals surface area (Å²) >= 11 is 0. The van der Waals surface area contributed by atoms with Crippen LogP contribution in [-0.2, 0) is 24.0 Å². The number of carbonyl (C=O) groups is 3. The lowest BCUT2D eigenvalue weighted by atomic mass is 10.4. The maximum Gasteiger partial charge on any atom is 0.349 e. The van der Waals surface area contributed by atoms with Crippen LogP contribution in [0.2, 0.25) is 0 Å². The maximum atomic E-state index is 10.9. The van der Waals surface area contributed by atoms with E-state index in [4.69, 9.17) is 0 Å². The van der Waals surface area contributed by atoms with Crippen molar-refractivity contribution in [3.8, 4) is 0 Å². The van der Waals surface area contributed by atoms with Gasteiger partial charge < -0.3 is 19.5 Å². The quantitative estimate of drug-likeness (QED) is 0.249. The number of hydrogen-bond donors (Lipinski definition) is 1. The molecule has 0 unspecified atom stereocenters. The molecule has 0 radical (unpaired) electrons. The van der Waals surface area contributed by atoms with Gasteiger partial charge in [0.25, 0.3) is 0 Å². The number of hydrogen-bond acceptors (Lipinski definition) is 7. The number of carboxylic acid groups (broad SMARTS) is 1. The SMILES string of the molecule is C=C(C)C(=O)OCCNOC(=O)/C=C\C(=O)[O-]. The van der Waals surface area contributed by atoms with Crippen LogP contribution in [0.4, 0.5) is 0 Å². The molecule has 7 heteroatoms. The fourth-order valence-electron chi connectivity index (χ4n) is 0.601. The molecule has 0 aliphatic rings. The summed E-state index contributed by atoms with van der Waals surface area (Å²) < 4.78 is 4.67. The Morgan fingerprint density at radius 2 is 2.00 bits per heavy atom. The van der Waals surface area contributed by atoms with Crippen molar-refractivity contribution in [1.29, 1.82) is 0 Å². The van der Waals surface area contributed by atoms with Crippen molar-refractivity contribution in [1.82, 2.24) is 5.48 Å². The first kappa shape index (κ1) is 14.8. The van der Waals surface area contributed by atoms with Crippen LogP contribution in [0.15, 0.2) is 24.3 Å². The topological polar surface area (TPSA) is 105 Å². The lowest BCUT2D eigenvalue weighted by molar-refractivity contribution is -0.297. The molecule has 0 aliphatic heterocycles. The van der Waals surface area contributed by atoms with E-state index >= 15 is 0 Å². The van der Waals surface area contributed by atoms with Crippen molar-refractivity contribution in [3.05, 3.63) is 24.3 Å². The van der Waals surface area contributed by atoms with Crippen LogP contribution in [-0.4, -0.2) is 31.1 Å². The molecule has 0 rings (SSSR count). The Hall–Kier alpha value is -2.15. The molecule has 0 fully saturated rings. The smallest absolute Gasteiger partial charge is 0.349 e. The van der Waals surface area contributed by atoms with E-state index < -0.39 is 17.9 Å². The highest BCUT2D eigenvalue weighted by atomic mass is 16.7. The summed E-state index contributed by atoms with van der Waals surface area (Å²) in [6.07, 6.45) is 1.22. The van der Waals surface area contributed by atoms with E-state index in [2.05, 4.69) is 21.6 Å². The van der Waals surface area contributed by atoms with Crippen molar-refractivity contribution in [2.24, 2.45) is 0 Å². The monoisotopic (exact) mass is 242 g/mol. The molecule has 0 saturated heterocycles. The number of carboxylic acids is 1. The molecular weight excluding hydrogens is 230 g/mol. The molecule has 1 N–H and O–H groups in total. The third-order valence-electron chi connectivity index (χ3n) is 1.31. The number of rotatable bonds is 7. The van der Waals surface area contributed by atoms with Crippen LogP contribution < -0.4 is 10.6 Å². The van der Waals surface area contributed by atoms with Gasteiger partial charge >= 0.3 is 11.9 Å². The van der Waals surface area contributed by atoms with Crippen molar-refractivity contribution in [3.63, 3.8) is 0 Å². The Bertz CT molecular complexity index is 347. The van der Waals surface area contributed by atoms with Gasteiger partial charge in [-0.05, 0) is 13.0 Å². The van der Waals surface area contributed by atoms with Gasteiger partial charge in [0.15, 0.2) is 0 Å². The van der Waals surface area contributed by atoms with E-state index in [0.717, 1.165) is 0 Å².